The van der Waals surface area contributed by atoms with Gasteiger partial charge >= 0.3 is 0 Å². The largest absolute Gasteiger partial charge is 0.314 e. The van der Waals surface area contributed by atoms with Crippen LogP contribution in [0.1, 0.15) is 37.2 Å². The number of halogens is 1. The Morgan fingerprint density at radius 2 is 2.00 bits per heavy atom. The Kier molecular flexibility index (Phi) is 4.79. The van der Waals surface area contributed by atoms with Crippen molar-refractivity contribution in [2.24, 2.45) is 5.92 Å². The van der Waals surface area contributed by atoms with Crippen LogP contribution in [0.4, 0.5) is 0 Å². The van der Waals surface area contributed by atoms with Crippen molar-refractivity contribution in [1.29, 1.82) is 0 Å². The van der Waals surface area contributed by atoms with E-state index in [-0.39, 0.29) is 0 Å². The van der Waals surface area contributed by atoms with Gasteiger partial charge in [-0.2, -0.15) is 0 Å². The Morgan fingerprint density at radius 1 is 1.25 bits per heavy atom. The number of likely N-dealkylation sites (tertiary alicyclic amines) is 1. The fourth-order valence-electron chi connectivity index (χ4n) is 3.42. The van der Waals surface area contributed by atoms with E-state index in [2.05, 4.69) is 57.5 Å². The van der Waals surface area contributed by atoms with Crippen molar-refractivity contribution in [1.82, 2.24) is 10.2 Å². The molecule has 0 atom stereocenters. The molecule has 1 aromatic rings. The molecule has 0 radical (unpaired) electrons. The molecular weight excluding hydrogens is 312 g/mol. The van der Waals surface area contributed by atoms with Gasteiger partial charge in [-0.25, -0.2) is 0 Å². The van der Waals surface area contributed by atoms with Crippen LogP contribution in [0.3, 0.4) is 0 Å². The lowest BCUT2D eigenvalue weighted by Crippen LogP contribution is -2.44. The third-order valence-corrected chi connectivity index (χ3v) is 5.48. The molecule has 1 aliphatic heterocycles. The molecule has 2 aliphatic rings. The molecule has 1 saturated carbocycles. The van der Waals surface area contributed by atoms with Crippen LogP contribution >= 0.6 is 15.9 Å². The van der Waals surface area contributed by atoms with Gasteiger partial charge in [-0.1, -0.05) is 28.1 Å². The number of rotatable bonds is 4. The quantitative estimate of drug-likeness (QED) is 0.903. The highest BCUT2D eigenvalue weighted by Crippen LogP contribution is 2.37. The van der Waals surface area contributed by atoms with Crippen molar-refractivity contribution in [3.05, 3.63) is 34.3 Å². The zero-order valence-corrected chi connectivity index (χ0v) is 13.9. The first-order chi connectivity index (χ1) is 9.70. The monoisotopic (exact) mass is 336 g/mol. The van der Waals surface area contributed by atoms with Gasteiger partial charge in [0.05, 0.1) is 0 Å². The van der Waals surface area contributed by atoms with E-state index in [1.165, 1.54) is 55.4 Å². The average Bonchev–Trinajstić information content (AvgIpc) is 2.39. The molecule has 3 heteroatoms. The fourth-order valence-corrected chi connectivity index (χ4v) is 3.83. The van der Waals surface area contributed by atoms with Gasteiger partial charge in [-0.05, 0) is 81.9 Å². The molecule has 20 heavy (non-hydrogen) atoms. The van der Waals surface area contributed by atoms with Crippen LogP contribution in [0.2, 0.25) is 0 Å². The van der Waals surface area contributed by atoms with Crippen LogP contribution in [0.25, 0.3) is 0 Å². The summed E-state index contributed by atoms with van der Waals surface area (Å²) in [4.78, 5) is 2.45. The van der Waals surface area contributed by atoms with E-state index in [0.717, 1.165) is 17.9 Å². The summed E-state index contributed by atoms with van der Waals surface area (Å²) < 4.78 is 1.21. The van der Waals surface area contributed by atoms with Crippen molar-refractivity contribution in [3.63, 3.8) is 0 Å². The molecule has 0 spiro atoms. The van der Waals surface area contributed by atoms with Crippen molar-refractivity contribution in [3.8, 4) is 0 Å². The molecule has 0 aromatic heterocycles. The molecule has 110 valence electrons. The van der Waals surface area contributed by atoms with Gasteiger partial charge in [0.15, 0.2) is 0 Å². The second-order valence-corrected chi connectivity index (χ2v) is 7.49. The summed E-state index contributed by atoms with van der Waals surface area (Å²) in [7, 11) is 2.23. The summed E-state index contributed by atoms with van der Waals surface area (Å²) >= 11 is 3.57. The van der Waals surface area contributed by atoms with Gasteiger partial charge in [-0.15, -0.1) is 0 Å². The molecule has 2 nitrogen and oxygen atoms in total. The third-order valence-electron chi connectivity index (χ3n) is 4.99. The van der Waals surface area contributed by atoms with Crippen LogP contribution in [-0.4, -0.2) is 37.6 Å². The normalized spacial score (nSPS) is 28.3. The lowest BCUT2D eigenvalue weighted by Gasteiger charge is -2.38. The molecule has 1 aromatic carbocycles. The lowest BCUT2D eigenvalue weighted by atomic mass is 9.75. The van der Waals surface area contributed by atoms with E-state index in [9.17, 15) is 0 Å². The van der Waals surface area contributed by atoms with E-state index in [1.54, 1.807) is 0 Å². The Labute approximate surface area is 131 Å². The van der Waals surface area contributed by atoms with Crippen LogP contribution in [0, 0.1) is 5.92 Å². The number of nitrogens with zero attached hydrogens (tertiary/aromatic N) is 1. The number of nitrogens with one attached hydrogen (secondary N) is 1. The number of hydrogen-bond donors (Lipinski definition) is 1. The molecule has 0 bridgehead atoms. The van der Waals surface area contributed by atoms with E-state index >= 15 is 0 Å². The van der Waals surface area contributed by atoms with Crippen LogP contribution < -0.4 is 5.32 Å². The maximum Gasteiger partial charge on any atom is 0.0178 e. The highest BCUT2D eigenvalue weighted by atomic mass is 79.9. The second kappa shape index (κ2) is 6.59. The smallest absolute Gasteiger partial charge is 0.0178 e. The Morgan fingerprint density at radius 3 is 2.70 bits per heavy atom. The summed E-state index contributed by atoms with van der Waals surface area (Å²) in [5, 5.41) is 3.79. The van der Waals surface area contributed by atoms with Crippen LogP contribution in [-0.2, 0) is 0 Å². The third kappa shape index (κ3) is 3.63. The maximum absolute atomic E-state index is 3.79. The Bertz CT molecular complexity index is 434. The minimum atomic E-state index is 0.749. The van der Waals surface area contributed by atoms with Gasteiger partial charge in [0, 0.05) is 10.5 Å². The first-order valence-corrected chi connectivity index (χ1v) is 8.67. The Balaban J connectivity index is 1.38. The summed E-state index contributed by atoms with van der Waals surface area (Å²) in [6, 6.07) is 9.55. The number of benzene rings is 1. The van der Waals surface area contributed by atoms with E-state index in [4.69, 9.17) is 0 Å². The van der Waals surface area contributed by atoms with E-state index in [0.29, 0.717) is 0 Å². The summed E-state index contributed by atoms with van der Waals surface area (Å²) in [6.45, 7) is 3.78. The number of piperidine rings is 1. The molecule has 0 amide bonds. The second-order valence-electron chi connectivity index (χ2n) is 6.58. The van der Waals surface area contributed by atoms with Crippen molar-refractivity contribution >= 4 is 15.9 Å². The first kappa shape index (κ1) is 14.6. The molecular formula is C17H25BrN2. The summed E-state index contributed by atoms with van der Waals surface area (Å²) in [6.07, 6.45) is 5.35. The minimum Gasteiger partial charge on any atom is -0.314 e. The molecule has 1 heterocycles. The molecule has 1 saturated heterocycles. The zero-order valence-electron chi connectivity index (χ0n) is 12.3. The predicted octanol–water partition coefficient (Wildman–Crippen LogP) is 3.63. The van der Waals surface area contributed by atoms with Crippen molar-refractivity contribution in [2.75, 3.05) is 26.7 Å². The SMILES string of the molecule is CN1CCC(CNC2CC(c3cccc(Br)c3)C2)CC1. The first-order valence-electron chi connectivity index (χ1n) is 7.88. The van der Waals surface area contributed by atoms with Crippen molar-refractivity contribution < 1.29 is 0 Å². The van der Waals surface area contributed by atoms with Crippen LogP contribution in [0.5, 0.6) is 0 Å². The van der Waals surface area contributed by atoms with E-state index < -0.39 is 0 Å². The number of hydrogen-bond acceptors (Lipinski definition) is 2. The van der Waals surface area contributed by atoms with Crippen molar-refractivity contribution in [2.45, 2.75) is 37.6 Å². The highest BCUT2D eigenvalue weighted by Gasteiger charge is 2.30. The van der Waals surface area contributed by atoms with Gasteiger partial charge in [0.2, 0.25) is 0 Å². The zero-order chi connectivity index (χ0) is 13.9. The molecule has 3 rings (SSSR count). The topological polar surface area (TPSA) is 15.3 Å². The molecule has 1 aliphatic carbocycles. The summed E-state index contributed by atoms with van der Waals surface area (Å²) in [5.41, 5.74) is 1.50. The minimum absolute atomic E-state index is 0.749. The van der Waals surface area contributed by atoms with Gasteiger partial charge in [0.1, 0.15) is 0 Å². The average molecular weight is 337 g/mol. The molecule has 0 unspecified atom stereocenters. The maximum atomic E-state index is 3.79. The van der Waals surface area contributed by atoms with Gasteiger partial charge in [0.25, 0.3) is 0 Å². The van der Waals surface area contributed by atoms with Gasteiger partial charge < -0.3 is 10.2 Å². The predicted molar refractivity (Wildman–Crippen MR) is 88.1 cm³/mol. The molecule has 1 N–H and O–H groups in total. The fraction of sp³-hybridized carbons (Fsp3) is 0.647. The molecule has 2 fully saturated rings. The van der Waals surface area contributed by atoms with E-state index in [1.807, 2.05) is 0 Å². The van der Waals surface area contributed by atoms with Crippen LogP contribution in [0.15, 0.2) is 28.7 Å². The summed E-state index contributed by atoms with van der Waals surface area (Å²) in [5.74, 6) is 1.67. The van der Waals surface area contributed by atoms with Gasteiger partial charge in [-0.3, -0.25) is 0 Å². The highest BCUT2D eigenvalue weighted by molar-refractivity contribution is 9.10. The lowest BCUT2D eigenvalue weighted by molar-refractivity contribution is 0.199. The Hall–Kier alpha value is -0.380. The standard InChI is InChI=1S/C17H25BrN2/c1-20-7-5-13(6-8-20)12-19-17-10-15(11-17)14-3-2-4-16(18)9-14/h2-4,9,13,15,17,19H,5-8,10-12H2,1H3.